The van der Waals surface area contributed by atoms with Gasteiger partial charge in [0.1, 0.15) is 17.9 Å². The number of aromatic nitrogens is 2. The molecule has 0 fully saturated rings. The molecule has 7 heteroatoms. The highest BCUT2D eigenvalue weighted by molar-refractivity contribution is 6.34. The van der Waals surface area contributed by atoms with E-state index >= 15 is 0 Å². The number of nitrogens with zero attached hydrogens (tertiary/aromatic N) is 2. The van der Waals surface area contributed by atoms with Crippen molar-refractivity contribution in [2.45, 2.75) is 0 Å². The van der Waals surface area contributed by atoms with E-state index in [2.05, 4.69) is 15.3 Å². The second-order valence-electron chi connectivity index (χ2n) is 2.23. The zero-order chi connectivity index (χ0) is 10.6. The summed E-state index contributed by atoms with van der Waals surface area (Å²) < 4.78 is 4.88. The van der Waals surface area contributed by atoms with Crippen LogP contribution in [0.15, 0.2) is 6.33 Å². The molecule has 0 spiro atoms. The second-order valence-corrected chi connectivity index (χ2v) is 2.86. The summed E-state index contributed by atoms with van der Waals surface area (Å²) in [5.74, 6) is -0.376. The van der Waals surface area contributed by atoms with E-state index in [0.717, 1.165) is 0 Å². The van der Waals surface area contributed by atoms with Crippen LogP contribution in [0.1, 0.15) is 0 Å². The Morgan fingerprint density at radius 2 is 2.36 bits per heavy atom. The molecule has 5 nitrogen and oxygen atoms in total. The lowest BCUT2D eigenvalue weighted by Gasteiger charge is -2.08. The normalized spacial score (nSPS) is 9.64. The number of carbonyl (C=O) groups is 1. The van der Waals surface area contributed by atoms with Crippen LogP contribution >= 0.6 is 23.2 Å². The van der Waals surface area contributed by atoms with Gasteiger partial charge < -0.3 is 10.1 Å². The Labute approximate surface area is 90.4 Å². The monoisotopic (exact) mass is 235 g/mol. The summed E-state index contributed by atoms with van der Waals surface area (Å²) in [6.07, 6.45) is 1.23. The molecular weight excluding hydrogens is 229 g/mol. The minimum atomic E-state index is -0.401. The number of carbonyl (C=O) groups excluding carboxylic acids is 1. The molecule has 1 amide bonds. The van der Waals surface area contributed by atoms with Crippen LogP contribution in [0, 0.1) is 0 Å². The lowest BCUT2D eigenvalue weighted by Crippen LogP contribution is -2.14. The molecule has 0 bridgehead atoms. The molecule has 0 unspecified atom stereocenters. The minimum Gasteiger partial charge on any atom is -0.479 e. The van der Waals surface area contributed by atoms with Gasteiger partial charge in [-0.15, -0.1) is 11.6 Å². The van der Waals surface area contributed by atoms with Gasteiger partial charge in [0.25, 0.3) is 0 Å². The number of alkyl halides is 1. The number of hydrogen-bond donors (Lipinski definition) is 1. The molecule has 1 heterocycles. The van der Waals surface area contributed by atoms with Crippen LogP contribution in [-0.4, -0.2) is 28.9 Å². The van der Waals surface area contributed by atoms with Gasteiger partial charge in [-0.3, -0.25) is 4.79 Å². The van der Waals surface area contributed by atoms with E-state index in [9.17, 15) is 4.79 Å². The second kappa shape index (κ2) is 4.97. The van der Waals surface area contributed by atoms with Crippen molar-refractivity contribution in [1.29, 1.82) is 0 Å². The third kappa shape index (κ3) is 2.46. The first-order valence-corrected chi connectivity index (χ1v) is 4.50. The fourth-order valence-corrected chi connectivity index (χ4v) is 1.02. The van der Waals surface area contributed by atoms with Crippen molar-refractivity contribution in [3.05, 3.63) is 11.5 Å². The van der Waals surface area contributed by atoms with E-state index in [1.807, 2.05) is 0 Å². The molecule has 0 saturated carbocycles. The fraction of sp³-hybridized carbons (Fsp3) is 0.286. The molecule has 1 rings (SSSR count). The van der Waals surface area contributed by atoms with Gasteiger partial charge >= 0.3 is 0 Å². The molecule has 0 saturated heterocycles. The highest BCUT2D eigenvalue weighted by Gasteiger charge is 2.12. The minimum absolute atomic E-state index is 0.107. The number of nitrogens with one attached hydrogen (secondary N) is 1. The van der Waals surface area contributed by atoms with Gasteiger partial charge in [0.05, 0.1) is 7.11 Å². The van der Waals surface area contributed by atoms with Gasteiger partial charge in [0, 0.05) is 0 Å². The Morgan fingerprint density at radius 3 is 2.93 bits per heavy atom. The van der Waals surface area contributed by atoms with Crippen molar-refractivity contribution >= 4 is 34.8 Å². The van der Waals surface area contributed by atoms with Gasteiger partial charge in [0.2, 0.25) is 11.8 Å². The van der Waals surface area contributed by atoms with E-state index in [1.54, 1.807) is 0 Å². The third-order valence-electron chi connectivity index (χ3n) is 1.35. The van der Waals surface area contributed by atoms with Crippen LogP contribution in [0.3, 0.4) is 0 Å². The van der Waals surface area contributed by atoms with Crippen LogP contribution in [0.4, 0.5) is 5.69 Å². The highest BCUT2D eigenvalue weighted by Crippen LogP contribution is 2.27. The Bertz CT molecular complexity index is 346. The average Bonchev–Trinajstić information content (AvgIpc) is 2.20. The zero-order valence-corrected chi connectivity index (χ0v) is 8.76. The number of anilines is 1. The molecule has 0 atom stereocenters. The molecule has 0 radical (unpaired) electrons. The molecule has 0 aromatic carbocycles. The Balaban J connectivity index is 2.98. The Hall–Kier alpha value is -1.07. The number of methoxy groups -OCH3 is 1. The number of rotatable bonds is 3. The molecule has 1 N–H and O–H groups in total. The fourth-order valence-electron chi connectivity index (χ4n) is 0.782. The Kier molecular flexibility index (Phi) is 3.91. The van der Waals surface area contributed by atoms with Gasteiger partial charge in [-0.05, 0) is 0 Å². The lowest BCUT2D eigenvalue weighted by molar-refractivity contribution is -0.113. The van der Waals surface area contributed by atoms with Crippen LogP contribution in [0.25, 0.3) is 0 Å². The summed E-state index contributed by atoms with van der Waals surface area (Å²) in [6, 6.07) is 0. The topological polar surface area (TPSA) is 64.1 Å². The maximum atomic E-state index is 11.0. The zero-order valence-electron chi connectivity index (χ0n) is 7.25. The van der Waals surface area contributed by atoms with E-state index in [0.29, 0.717) is 0 Å². The van der Waals surface area contributed by atoms with Crippen molar-refractivity contribution in [2.24, 2.45) is 0 Å². The third-order valence-corrected chi connectivity index (χ3v) is 1.87. The molecule has 0 aliphatic rings. The molecular formula is C7H7Cl2N3O2. The van der Waals surface area contributed by atoms with Crippen molar-refractivity contribution in [3.63, 3.8) is 0 Å². The summed E-state index contributed by atoms with van der Waals surface area (Å²) in [7, 11) is 1.41. The van der Waals surface area contributed by atoms with Crippen LogP contribution in [-0.2, 0) is 4.79 Å². The molecule has 0 aliphatic heterocycles. The summed E-state index contributed by atoms with van der Waals surface area (Å²) in [5, 5.41) is 2.53. The molecule has 1 aromatic heterocycles. The number of halogens is 2. The van der Waals surface area contributed by atoms with Crippen LogP contribution < -0.4 is 10.1 Å². The van der Waals surface area contributed by atoms with Gasteiger partial charge in [-0.1, -0.05) is 11.6 Å². The maximum Gasteiger partial charge on any atom is 0.242 e. The number of hydrogen-bond acceptors (Lipinski definition) is 4. The Morgan fingerprint density at radius 1 is 1.64 bits per heavy atom. The van der Waals surface area contributed by atoms with Crippen molar-refractivity contribution in [1.82, 2.24) is 9.97 Å². The first-order valence-electron chi connectivity index (χ1n) is 3.59. The van der Waals surface area contributed by atoms with Gasteiger partial charge in [-0.2, -0.15) is 4.98 Å². The number of amides is 1. The van der Waals surface area contributed by atoms with Crippen molar-refractivity contribution in [3.8, 4) is 5.88 Å². The summed E-state index contributed by atoms with van der Waals surface area (Å²) >= 11 is 11.0. The largest absolute Gasteiger partial charge is 0.479 e. The molecule has 76 valence electrons. The molecule has 14 heavy (non-hydrogen) atoms. The van der Waals surface area contributed by atoms with Crippen molar-refractivity contribution in [2.75, 3.05) is 18.3 Å². The predicted molar refractivity (Wildman–Crippen MR) is 52.9 cm³/mol. The molecule has 1 aromatic rings. The van der Waals surface area contributed by atoms with E-state index in [-0.39, 0.29) is 22.6 Å². The SMILES string of the molecule is COc1ncnc(Cl)c1NC(=O)CCl. The number of ether oxygens (including phenoxy) is 1. The predicted octanol–water partition coefficient (Wildman–Crippen LogP) is 1.32. The summed E-state index contributed by atoms with van der Waals surface area (Å²) in [6.45, 7) is 0. The van der Waals surface area contributed by atoms with Crippen molar-refractivity contribution < 1.29 is 9.53 Å². The first-order chi connectivity index (χ1) is 6.69. The summed E-state index contributed by atoms with van der Waals surface area (Å²) in [5.41, 5.74) is 0.224. The average molecular weight is 236 g/mol. The quantitative estimate of drug-likeness (QED) is 0.634. The smallest absolute Gasteiger partial charge is 0.242 e. The lowest BCUT2D eigenvalue weighted by atomic mass is 10.5. The molecule has 0 aliphatic carbocycles. The summed E-state index contributed by atoms with van der Waals surface area (Å²) in [4.78, 5) is 18.5. The first kappa shape index (κ1) is 11.0. The van der Waals surface area contributed by atoms with E-state index in [4.69, 9.17) is 27.9 Å². The van der Waals surface area contributed by atoms with Gasteiger partial charge in [-0.25, -0.2) is 4.98 Å². The van der Waals surface area contributed by atoms with Crippen LogP contribution in [0.2, 0.25) is 5.15 Å². The van der Waals surface area contributed by atoms with Gasteiger partial charge in [0.15, 0.2) is 5.15 Å². The van der Waals surface area contributed by atoms with Crippen LogP contribution in [0.5, 0.6) is 5.88 Å². The van der Waals surface area contributed by atoms with E-state index in [1.165, 1.54) is 13.4 Å². The standard InChI is InChI=1S/C7H7Cl2N3O2/c1-14-7-5(12-4(13)2-8)6(9)10-3-11-7/h3H,2H2,1H3,(H,12,13). The highest BCUT2D eigenvalue weighted by atomic mass is 35.5. The maximum absolute atomic E-state index is 11.0. The van der Waals surface area contributed by atoms with E-state index < -0.39 is 5.91 Å².